The van der Waals surface area contributed by atoms with Gasteiger partial charge in [0.15, 0.2) is 0 Å². The maximum absolute atomic E-state index is 10.9. The molecule has 1 aromatic heterocycles. The summed E-state index contributed by atoms with van der Waals surface area (Å²) in [5, 5.41) is 23.0. The zero-order valence-electron chi connectivity index (χ0n) is 13.3. The number of hydrogen-bond acceptors (Lipinski definition) is 6. The lowest BCUT2D eigenvalue weighted by molar-refractivity contribution is -0.385. The molecule has 1 N–H and O–H groups in total. The standard InChI is InChI=1S/C17H20N2O4S/c20-16(11-23-12-17-2-1-7-24-17)10-18-6-5-13-3-4-15(19(21)22)8-14(13)9-18/h1-4,7-8,16,20H,5-6,9-12H2. The molecule has 0 bridgehead atoms. The monoisotopic (exact) mass is 348 g/mol. The van der Waals surface area contributed by atoms with Crippen LogP contribution in [-0.4, -0.2) is 40.7 Å². The highest BCUT2D eigenvalue weighted by molar-refractivity contribution is 7.09. The predicted octanol–water partition coefficient (Wildman–Crippen LogP) is 2.59. The van der Waals surface area contributed by atoms with Crippen molar-refractivity contribution < 1.29 is 14.8 Å². The molecule has 128 valence electrons. The molecule has 6 nitrogen and oxygen atoms in total. The third kappa shape index (κ3) is 4.39. The minimum Gasteiger partial charge on any atom is -0.389 e. The van der Waals surface area contributed by atoms with Gasteiger partial charge in [-0.15, -0.1) is 11.3 Å². The number of nitrogens with zero attached hydrogens (tertiary/aromatic N) is 2. The Kier molecular flexibility index (Phi) is 5.57. The Bertz CT molecular complexity index is 690. The van der Waals surface area contributed by atoms with Crippen LogP contribution in [0.3, 0.4) is 0 Å². The van der Waals surface area contributed by atoms with Crippen LogP contribution < -0.4 is 0 Å². The van der Waals surface area contributed by atoms with E-state index in [2.05, 4.69) is 4.90 Å². The number of thiophene rings is 1. The van der Waals surface area contributed by atoms with Gasteiger partial charge in [-0.3, -0.25) is 15.0 Å². The fraction of sp³-hybridized carbons (Fsp3) is 0.412. The molecule has 0 fully saturated rings. The fourth-order valence-corrected chi connectivity index (χ4v) is 3.55. The topological polar surface area (TPSA) is 75.8 Å². The Morgan fingerprint density at radius 3 is 3.00 bits per heavy atom. The highest BCUT2D eigenvalue weighted by Crippen LogP contribution is 2.23. The summed E-state index contributed by atoms with van der Waals surface area (Å²) in [6.45, 7) is 2.78. The van der Waals surface area contributed by atoms with Gasteiger partial charge in [-0.05, 0) is 29.0 Å². The van der Waals surface area contributed by atoms with E-state index in [1.165, 1.54) is 0 Å². The molecule has 0 amide bonds. The number of rotatable bonds is 7. The van der Waals surface area contributed by atoms with Crippen molar-refractivity contribution in [2.45, 2.75) is 25.7 Å². The molecule has 3 rings (SSSR count). The molecule has 2 heterocycles. The Morgan fingerprint density at radius 1 is 1.38 bits per heavy atom. The number of β-amino-alcohol motifs (C(OH)–C–C–N with tert-alkyl or cyclic N) is 1. The average molecular weight is 348 g/mol. The van der Waals surface area contributed by atoms with Gasteiger partial charge in [0, 0.05) is 36.6 Å². The summed E-state index contributed by atoms with van der Waals surface area (Å²) < 4.78 is 5.55. The summed E-state index contributed by atoms with van der Waals surface area (Å²) >= 11 is 1.63. The molecule has 1 aliphatic rings. The van der Waals surface area contributed by atoms with E-state index in [0.29, 0.717) is 19.7 Å². The third-order valence-corrected chi connectivity index (χ3v) is 4.95. The molecule has 1 aromatic carbocycles. The molecule has 0 aliphatic carbocycles. The number of hydrogen-bond donors (Lipinski definition) is 1. The van der Waals surface area contributed by atoms with Gasteiger partial charge in [-0.25, -0.2) is 0 Å². The Balaban J connectivity index is 1.49. The number of nitro benzene ring substituents is 1. The van der Waals surface area contributed by atoms with Crippen LogP contribution in [0.5, 0.6) is 0 Å². The van der Waals surface area contributed by atoms with Gasteiger partial charge in [0.1, 0.15) is 0 Å². The number of fused-ring (bicyclic) bond motifs is 1. The van der Waals surface area contributed by atoms with Crippen molar-refractivity contribution in [3.05, 3.63) is 61.8 Å². The van der Waals surface area contributed by atoms with Crippen LogP contribution in [0.1, 0.15) is 16.0 Å². The molecule has 0 spiro atoms. The summed E-state index contributed by atoms with van der Waals surface area (Å²) in [6, 6.07) is 9.02. The Labute approximate surface area is 144 Å². The second-order valence-electron chi connectivity index (χ2n) is 5.94. The molecule has 0 radical (unpaired) electrons. The Morgan fingerprint density at radius 2 is 2.25 bits per heavy atom. The van der Waals surface area contributed by atoms with E-state index < -0.39 is 6.10 Å². The van der Waals surface area contributed by atoms with Gasteiger partial charge in [0.25, 0.3) is 5.69 Å². The first-order valence-corrected chi connectivity index (χ1v) is 8.76. The highest BCUT2D eigenvalue weighted by Gasteiger charge is 2.21. The number of nitro groups is 1. The quantitative estimate of drug-likeness (QED) is 0.615. The largest absolute Gasteiger partial charge is 0.389 e. The molecule has 7 heteroatoms. The Hall–Kier alpha value is -1.80. The number of aliphatic hydroxyl groups is 1. The normalized spacial score (nSPS) is 15.9. The lowest BCUT2D eigenvalue weighted by atomic mass is 9.99. The summed E-state index contributed by atoms with van der Waals surface area (Å²) in [6.07, 6.45) is 0.279. The SMILES string of the molecule is O=[N+]([O-])c1ccc2c(c1)CN(CC(O)COCc1cccs1)CC2. The number of benzene rings is 1. The van der Waals surface area contributed by atoms with Crippen LogP contribution in [0.4, 0.5) is 5.69 Å². The minimum atomic E-state index is -0.565. The highest BCUT2D eigenvalue weighted by atomic mass is 32.1. The zero-order valence-corrected chi connectivity index (χ0v) is 14.1. The lowest BCUT2D eigenvalue weighted by Gasteiger charge is -2.30. The summed E-state index contributed by atoms with van der Waals surface area (Å²) in [5.41, 5.74) is 2.25. The van der Waals surface area contributed by atoms with Gasteiger partial charge < -0.3 is 9.84 Å². The van der Waals surface area contributed by atoms with Gasteiger partial charge in [-0.1, -0.05) is 12.1 Å². The van der Waals surface area contributed by atoms with Crippen LogP contribution in [-0.2, 0) is 24.3 Å². The number of aliphatic hydroxyl groups excluding tert-OH is 1. The van der Waals surface area contributed by atoms with Crippen LogP contribution in [0.2, 0.25) is 0 Å². The van der Waals surface area contributed by atoms with Crippen LogP contribution >= 0.6 is 11.3 Å². The van der Waals surface area contributed by atoms with Crippen molar-refractivity contribution in [2.75, 3.05) is 19.7 Å². The minimum absolute atomic E-state index is 0.121. The smallest absolute Gasteiger partial charge is 0.269 e. The van der Waals surface area contributed by atoms with Gasteiger partial charge in [-0.2, -0.15) is 0 Å². The van der Waals surface area contributed by atoms with E-state index in [1.54, 1.807) is 23.5 Å². The number of ether oxygens (including phenoxy) is 1. The molecular formula is C17H20N2O4S. The van der Waals surface area contributed by atoms with E-state index >= 15 is 0 Å². The van der Waals surface area contributed by atoms with Crippen LogP contribution in [0.25, 0.3) is 0 Å². The maximum atomic E-state index is 10.9. The van der Waals surface area contributed by atoms with Crippen molar-refractivity contribution in [2.24, 2.45) is 0 Å². The van der Waals surface area contributed by atoms with Gasteiger partial charge >= 0.3 is 0 Å². The summed E-state index contributed by atoms with van der Waals surface area (Å²) in [5.74, 6) is 0. The molecule has 2 aromatic rings. The average Bonchev–Trinajstić information content (AvgIpc) is 3.07. The van der Waals surface area contributed by atoms with E-state index in [9.17, 15) is 15.2 Å². The second-order valence-corrected chi connectivity index (χ2v) is 6.98. The number of non-ortho nitro benzene ring substituents is 1. The molecule has 0 saturated heterocycles. The first-order chi connectivity index (χ1) is 11.6. The molecule has 1 aliphatic heterocycles. The maximum Gasteiger partial charge on any atom is 0.269 e. The van der Waals surface area contributed by atoms with E-state index in [0.717, 1.165) is 29.0 Å². The molecule has 1 atom stereocenters. The lowest BCUT2D eigenvalue weighted by Crippen LogP contribution is -2.38. The van der Waals surface area contributed by atoms with Crippen LogP contribution in [0.15, 0.2) is 35.7 Å². The summed E-state index contributed by atoms with van der Waals surface area (Å²) in [4.78, 5) is 13.8. The molecular weight excluding hydrogens is 328 g/mol. The molecule has 24 heavy (non-hydrogen) atoms. The summed E-state index contributed by atoms with van der Waals surface area (Å²) in [7, 11) is 0. The van der Waals surface area contributed by atoms with Crippen molar-refractivity contribution in [3.63, 3.8) is 0 Å². The first-order valence-electron chi connectivity index (χ1n) is 7.88. The van der Waals surface area contributed by atoms with Crippen molar-refractivity contribution in [1.82, 2.24) is 4.90 Å². The van der Waals surface area contributed by atoms with Crippen molar-refractivity contribution >= 4 is 17.0 Å². The van der Waals surface area contributed by atoms with Crippen molar-refractivity contribution in [1.29, 1.82) is 0 Å². The van der Waals surface area contributed by atoms with Gasteiger partial charge in [0.05, 0.1) is 24.2 Å². The van der Waals surface area contributed by atoms with E-state index in [1.807, 2.05) is 23.6 Å². The van der Waals surface area contributed by atoms with Crippen LogP contribution in [0, 0.1) is 10.1 Å². The van der Waals surface area contributed by atoms with E-state index in [-0.39, 0.29) is 17.2 Å². The third-order valence-electron chi connectivity index (χ3n) is 4.10. The van der Waals surface area contributed by atoms with Crippen molar-refractivity contribution in [3.8, 4) is 0 Å². The second kappa shape index (κ2) is 7.85. The zero-order chi connectivity index (χ0) is 16.9. The van der Waals surface area contributed by atoms with E-state index in [4.69, 9.17) is 4.74 Å². The fourth-order valence-electron chi connectivity index (χ4n) is 2.91. The molecule has 0 saturated carbocycles. The first kappa shape index (κ1) is 17.0. The predicted molar refractivity (Wildman–Crippen MR) is 92.1 cm³/mol. The van der Waals surface area contributed by atoms with Gasteiger partial charge in [0.2, 0.25) is 0 Å². The molecule has 1 unspecified atom stereocenters.